The molecule has 4 rings (SSSR count). The number of hydrogen-bond donors (Lipinski definition) is 1. The molecular weight excluding hydrogens is 486 g/mol. The van der Waals surface area contributed by atoms with Gasteiger partial charge in [0.05, 0.1) is 23.7 Å². The lowest BCUT2D eigenvalue weighted by atomic mass is 10.1. The molecule has 0 bridgehead atoms. The highest BCUT2D eigenvalue weighted by Gasteiger charge is 2.27. The normalized spacial score (nSPS) is 21.2. The first kappa shape index (κ1) is 23.8. The van der Waals surface area contributed by atoms with Gasteiger partial charge in [0, 0.05) is 52.2 Å². The summed E-state index contributed by atoms with van der Waals surface area (Å²) in [5, 5.41) is 2.90. The van der Waals surface area contributed by atoms with Gasteiger partial charge < -0.3 is 24.6 Å². The molecule has 2 aromatic rings. The van der Waals surface area contributed by atoms with E-state index in [0.717, 1.165) is 73.2 Å². The highest BCUT2D eigenvalue weighted by molar-refractivity contribution is 9.10. The molecule has 3 atom stereocenters. The lowest BCUT2D eigenvalue weighted by Crippen LogP contribution is -2.29. The predicted molar refractivity (Wildman–Crippen MR) is 132 cm³/mol. The lowest BCUT2D eigenvalue weighted by Gasteiger charge is -2.24. The summed E-state index contributed by atoms with van der Waals surface area (Å²) in [6.45, 7) is 7.68. The van der Waals surface area contributed by atoms with E-state index in [9.17, 15) is 4.79 Å². The second-order valence-electron chi connectivity index (χ2n) is 8.92. The van der Waals surface area contributed by atoms with Crippen molar-refractivity contribution < 1.29 is 14.3 Å². The monoisotopic (exact) mass is 517 g/mol. The van der Waals surface area contributed by atoms with Crippen LogP contribution in [0.15, 0.2) is 34.9 Å². The Kier molecular flexibility index (Phi) is 7.70. The average molecular weight is 518 g/mol. The molecule has 8 nitrogen and oxygen atoms in total. The molecule has 2 aliphatic heterocycles. The number of amides is 1. The number of nitrogens with one attached hydrogen (secondary N) is 1. The van der Waals surface area contributed by atoms with Crippen molar-refractivity contribution in [2.24, 2.45) is 5.92 Å². The van der Waals surface area contributed by atoms with Crippen LogP contribution in [0.1, 0.15) is 38.3 Å². The molecule has 2 saturated heterocycles. The quantitative estimate of drug-likeness (QED) is 0.573. The number of rotatable bonds is 8. The maximum absolute atomic E-state index is 11.3. The minimum absolute atomic E-state index is 0.0258. The number of carbonyl (C=O) groups excluding carboxylic acids is 1. The zero-order valence-corrected chi connectivity index (χ0v) is 21.0. The number of hydrogen-bond acceptors (Lipinski definition) is 7. The molecule has 0 aliphatic carbocycles. The van der Waals surface area contributed by atoms with Crippen molar-refractivity contribution in [2.45, 2.75) is 38.8 Å². The number of carbonyl (C=O) groups is 1. The van der Waals surface area contributed by atoms with E-state index in [0.29, 0.717) is 5.92 Å². The largest absolute Gasteiger partial charge is 0.489 e. The van der Waals surface area contributed by atoms with Crippen LogP contribution >= 0.6 is 15.9 Å². The summed E-state index contributed by atoms with van der Waals surface area (Å²) in [5.74, 6) is 2.96. The predicted octanol–water partition coefficient (Wildman–Crippen LogP) is 3.57. The summed E-state index contributed by atoms with van der Waals surface area (Å²) < 4.78 is 12.6. The van der Waals surface area contributed by atoms with Gasteiger partial charge >= 0.3 is 0 Å². The standard InChI is InChI=1S/C24H32BrN5O3/c1-16(27-17(2)31)19-4-6-20(7-5-19)33-21-8-10-30(14-21)23-22(25)12-26-24(28-23)29(3)13-18-9-11-32-15-18/h4-7,12,16,18,21H,8-11,13-15H2,1-3H3,(H,27,31)/t16-,18?,21+/m0/s1. The fourth-order valence-corrected chi connectivity index (χ4v) is 4.83. The molecule has 2 aliphatic rings. The third kappa shape index (κ3) is 6.14. The molecule has 0 saturated carbocycles. The van der Waals surface area contributed by atoms with Crippen LogP contribution in [-0.2, 0) is 9.53 Å². The van der Waals surface area contributed by atoms with Gasteiger partial charge in [-0.3, -0.25) is 4.79 Å². The van der Waals surface area contributed by atoms with Gasteiger partial charge in [-0.25, -0.2) is 4.98 Å². The van der Waals surface area contributed by atoms with Gasteiger partial charge in [-0.2, -0.15) is 4.98 Å². The summed E-state index contributed by atoms with van der Waals surface area (Å²) in [7, 11) is 2.04. The van der Waals surface area contributed by atoms with E-state index in [2.05, 4.69) is 36.0 Å². The first-order chi connectivity index (χ1) is 15.9. The first-order valence-electron chi connectivity index (χ1n) is 11.5. The van der Waals surface area contributed by atoms with E-state index in [1.54, 1.807) is 0 Å². The van der Waals surface area contributed by atoms with Crippen molar-refractivity contribution in [3.05, 3.63) is 40.5 Å². The lowest BCUT2D eigenvalue weighted by molar-refractivity contribution is -0.119. The molecule has 9 heteroatoms. The number of benzene rings is 1. The van der Waals surface area contributed by atoms with Crippen molar-refractivity contribution in [3.8, 4) is 5.75 Å². The number of ether oxygens (including phenoxy) is 2. The van der Waals surface area contributed by atoms with Crippen LogP contribution in [-0.4, -0.2) is 61.9 Å². The van der Waals surface area contributed by atoms with Gasteiger partial charge in [0.2, 0.25) is 11.9 Å². The molecule has 1 N–H and O–H groups in total. The zero-order chi connectivity index (χ0) is 23.4. The molecule has 1 unspecified atom stereocenters. The summed E-state index contributed by atoms with van der Waals surface area (Å²) in [4.78, 5) is 25.0. The van der Waals surface area contributed by atoms with Gasteiger partial charge in [0.15, 0.2) is 0 Å². The van der Waals surface area contributed by atoms with Crippen LogP contribution in [0, 0.1) is 5.92 Å². The third-order valence-corrected chi connectivity index (χ3v) is 6.72. The van der Waals surface area contributed by atoms with Crippen molar-refractivity contribution in [1.29, 1.82) is 0 Å². The maximum Gasteiger partial charge on any atom is 0.227 e. The van der Waals surface area contributed by atoms with Crippen molar-refractivity contribution in [2.75, 3.05) is 49.7 Å². The first-order valence-corrected chi connectivity index (χ1v) is 12.3. The fraction of sp³-hybridized carbons (Fsp3) is 0.542. The molecule has 1 aromatic carbocycles. The SMILES string of the molecule is CC(=O)N[C@@H](C)c1ccc(O[C@@H]2CCN(c3nc(N(C)CC4CCOC4)ncc3Br)C2)cc1. The van der Waals surface area contributed by atoms with Crippen LogP contribution in [0.5, 0.6) is 5.75 Å². The van der Waals surface area contributed by atoms with E-state index in [4.69, 9.17) is 14.5 Å². The second kappa shape index (κ2) is 10.7. The third-order valence-electron chi connectivity index (χ3n) is 6.16. The van der Waals surface area contributed by atoms with Gasteiger partial charge in [0.25, 0.3) is 0 Å². The molecular formula is C24H32BrN5O3. The fourth-order valence-electron chi connectivity index (χ4n) is 4.38. The van der Waals surface area contributed by atoms with Gasteiger partial charge in [0.1, 0.15) is 17.7 Å². The Morgan fingerprint density at radius 3 is 2.85 bits per heavy atom. The van der Waals surface area contributed by atoms with E-state index < -0.39 is 0 Å². The van der Waals surface area contributed by atoms with Crippen molar-refractivity contribution in [1.82, 2.24) is 15.3 Å². The summed E-state index contributed by atoms with van der Waals surface area (Å²) in [5.41, 5.74) is 1.05. The summed E-state index contributed by atoms with van der Waals surface area (Å²) in [6.07, 6.45) is 3.93. The minimum Gasteiger partial charge on any atom is -0.489 e. The molecule has 3 heterocycles. The molecule has 178 valence electrons. The maximum atomic E-state index is 11.3. The Bertz CT molecular complexity index is 952. The van der Waals surface area contributed by atoms with Gasteiger partial charge in [-0.05, 0) is 47.0 Å². The zero-order valence-electron chi connectivity index (χ0n) is 19.5. The van der Waals surface area contributed by atoms with E-state index in [-0.39, 0.29) is 18.1 Å². The highest BCUT2D eigenvalue weighted by atomic mass is 79.9. The van der Waals surface area contributed by atoms with Crippen LogP contribution in [0.2, 0.25) is 0 Å². The molecule has 0 spiro atoms. The highest BCUT2D eigenvalue weighted by Crippen LogP contribution is 2.30. The number of anilines is 2. The van der Waals surface area contributed by atoms with Crippen molar-refractivity contribution in [3.63, 3.8) is 0 Å². The number of halogens is 1. The Morgan fingerprint density at radius 1 is 1.36 bits per heavy atom. The van der Waals surface area contributed by atoms with Crippen LogP contribution in [0.4, 0.5) is 11.8 Å². The number of nitrogens with zero attached hydrogens (tertiary/aromatic N) is 4. The van der Waals surface area contributed by atoms with Crippen molar-refractivity contribution >= 4 is 33.6 Å². The minimum atomic E-state index is -0.0355. The molecule has 33 heavy (non-hydrogen) atoms. The Labute approximate surface area is 203 Å². The van der Waals surface area contributed by atoms with Gasteiger partial charge in [-0.1, -0.05) is 12.1 Å². The molecule has 0 radical (unpaired) electrons. The van der Waals surface area contributed by atoms with E-state index >= 15 is 0 Å². The molecule has 1 aromatic heterocycles. The summed E-state index contributed by atoms with van der Waals surface area (Å²) in [6, 6.07) is 7.91. The van der Waals surface area contributed by atoms with Crippen LogP contribution < -0.4 is 19.9 Å². The topological polar surface area (TPSA) is 79.8 Å². The summed E-state index contributed by atoms with van der Waals surface area (Å²) >= 11 is 3.63. The van der Waals surface area contributed by atoms with Crippen LogP contribution in [0.3, 0.4) is 0 Å². The van der Waals surface area contributed by atoms with Crippen LogP contribution in [0.25, 0.3) is 0 Å². The Hall–Kier alpha value is -2.39. The second-order valence-corrected chi connectivity index (χ2v) is 9.77. The molecule has 1 amide bonds. The van der Waals surface area contributed by atoms with E-state index in [1.165, 1.54) is 6.92 Å². The number of aromatic nitrogens is 2. The Morgan fingerprint density at radius 2 is 2.15 bits per heavy atom. The van der Waals surface area contributed by atoms with E-state index in [1.807, 2.05) is 44.4 Å². The smallest absolute Gasteiger partial charge is 0.227 e. The average Bonchev–Trinajstić information content (AvgIpc) is 3.46. The van der Waals surface area contributed by atoms with Gasteiger partial charge in [-0.15, -0.1) is 0 Å². The Balaban J connectivity index is 1.36. The molecule has 2 fully saturated rings.